The van der Waals surface area contributed by atoms with Crippen molar-refractivity contribution in [2.45, 2.75) is 25.7 Å². The third-order valence-electron chi connectivity index (χ3n) is 4.93. The van der Waals surface area contributed by atoms with Crippen molar-refractivity contribution in [3.63, 3.8) is 0 Å². The number of hydrogen-bond acceptors (Lipinski definition) is 3. The summed E-state index contributed by atoms with van der Waals surface area (Å²) in [5.41, 5.74) is 0.846. The molecule has 23 heavy (non-hydrogen) atoms. The Balaban J connectivity index is 1.54. The topological polar surface area (TPSA) is 75.6 Å². The number of ether oxygens (including phenoxy) is 1. The molecule has 2 N–H and O–H groups in total. The van der Waals surface area contributed by atoms with Gasteiger partial charge in [-0.3, -0.25) is 9.59 Å². The fourth-order valence-electron chi connectivity index (χ4n) is 3.30. The number of carbonyl (C=O) groups excluding carboxylic acids is 1. The minimum Gasteiger partial charge on any atom is -0.496 e. The van der Waals surface area contributed by atoms with E-state index in [2.05, 4.69) is 5.32 Å². The number of carbonyl (C=O) groups is 2. The van der Waals surface area contributed by atoms with Crippen LogP contribution in [0.1, 0.15) is 24.8 Å². The highest BCUT2D eigenvalue weighted by Crippen LogP contribution is 2.54. The van der Waals surface area contributed by atoms with Gasteiger partial charge in [0.1, 0.15) is 5.75 Å². The average Bonchev–Trinajstić information content (AvgIpc) is 3.42. The molecule has 5 heteroatoms. The second kappa shape index (κ2) is 6.60. The zero-order valence-corrected chi connectivity index (χ0v) is 13.3. The molecule has 0 unspecified atom stereocenters. The van der Waals surface area contributed by atoms with Crippen molar-refractivity contribution in [1.82, 2.24) is 5.32 Å². The summed E-state index contributed by atoms with van der Waals surface area (Å²) >= 11 is 0. The number of amides is 1. The predicted molar refractivity (Wildman–Crippen MR) is 85.2 cm³/mol. The van der Waals surface area contributed by atoms with Gasteiger partial charge in [0.25, 0.3) is 0 Å². The van der Waals surface area contributed by atoms with Gasteiger partial charge in [0.15, 0.2) is 0 Å². The van der Waals surface area contributed by atoms with Gasteiger partial charge < -0.3 is 15.2 Å². The van der Waals surface area contributed by atoms with Crippen molar-refractivity contribution < 1.29 is 19.4 Å². The second-order valence-corrected chi connectivity index (χ2v) is 6.64. The first kappa shape index (κ1) is 15.8. The molecule has 0 heterocycles. The number of aliphatic carboxylic acids is 1. The van der Waals surface area contributed by atoms with Gasteiger partial charge in [-0.15, -0.1) is 0 Å². The molecule has 5 nitrogen and oxygen atoms in total. The van der Waals surface area contributed by atoms with Gasteiger partial charge in [0.2, 0.25) is 5.91 Å². The monoisotopic (exact) mass is 317 g/mol. The van der Waals surface area contributed by atoms with Crippen molar-refractivity contribution >= 4 is 11.9 Å². The molecule has 3 atom stereocenters. The van der Waals surface area contributed by atoms with Gasteiger partial charge >= 0.3 is 5.97 Å². The Kier molecular flexibility index (Phi) is 4.55. The molecular formula is C18H23NO4. The lowest BCUT2D eigenvalue weighted by atomic mass is 9.98. The molecule has 3 rings (SSSR count). The van der Waals surface area contributed by atoms with E-state index in [9.17, 15) is 14.7 Å². The van der Waals surface area contributed by atoms with Crippen LogP contribution in [0.4, 0.5) is 0 Å². The maximum absolute atomic E-state index is 12.1. The molecule has 2 fully saturated rings. The standard InChI is InChI=1S/C18H23NO4/c1-23-16-5-3-2-4-12(16)8-13(18(21)22)10-19-17(20)15-9-14(15)11-6-7-11/h2-5,11,13-15H,6-10H2,1H3,(H,19,20)(H,21,22)/t13-,14-,15+/m1/s1. The zero-order chi connectivity index (χ0) is 16.4. The van der Waals surface area contributed by atoms with Gasteiger partial charge in [-0.05, 0) is 49.1 Å². The third kappa shape index (κ3) is 3.84. The molecule has 0 bridgehead atoms. The fraction of sp³-hybridized carbons (Fsp3) is 0.556. The Hall–Kier alpha value is -2.04. The molecule has 124 valence electrons. The zero-order valence-electron chi connectivity index (χ0n) is 13.3. The van der Waals surface area contributed by atoms with Gasteiger partial charge in [-0.1, -0.05) is 18.2 Å². The number of carboxylic acid groups (broad SMARTS) is 1. The van der Waals surface area contributed by atoms with E-state index in [0.29, 0.717) is 18.1 Å². The second-order valence-electron chi connectivity index (χ2n) is 6.64. The van der Waals surface area contributed by atoms with Crippen LogP contribution >= 0.6 is 0 Å². The molecule has 1 amide bonds. The summed E-state index contributed by atoms with van der Waals surface area (Å²) < 4.78 is 5.27. The van der Waals surface area contributed by atoms with Crippen molar-refractivity contribution in [1.29, 1.82) is 0 Å². The third-order valence-corrected chi connectivity index (χ3v) is 4.93. The summed E-state index contributed by atoms with van der Waals surface area (Å²) in [4.78, 5) is 23.6. The van der Waals surface area contributed by atoms with Gasteiger partial charge in [-0.25, -0.2) is 0 Å². The summed E-state index contributed by atoms with van der Waals surface area (Å²) in [5, 5.41) is 12.3. The summed E-state index contributed by atoms with van der Waals surface area (Å²) in [6, 6.07) is 7.39. The van der Waals surface area contributed by atoms with E-state index in [0.717, 1.165) is 17.9 Å². The van der Waals surface area contributed by atoms with Crippen LogP contribution in [0.3, 0.4) is 0 Å². The minimum absolute atomic E-state index is 0.0215. The number of methoxy groups -OCH3 is 1. The lowest BCUT2D eigenvalue weighted by molar-refractivity contribution is -0.141. The average molecular weight is 317 g/mol. The Morgan fingerprint density at radius 2 is 2.09 bits per heavy atom. The van der Waals surface area contributed by atoms with E-state index in [-0.39, 0.29) is 18.4 Å². The van der Waals surface area contributed by atoms with Crippen LogP contribution in [-0.4, -0.2) is 30.6 Å². The number of nitrogens with one attached hydrogen (secondary N) is 1. The molecule has 1 aromatic carbocycles. The van der Waals surface area contributed by atoms with E-state index in [4.69, 9.17) is 4.74 Å². The summed E-state index contributed by atoms with van der Waals surface area (Å²) in [5.74, 6) is 0.568. The first-order valence-corrected chi connectivity index (χ1v) is 8.22. The quantitative estimate of drug-likeness (QED) is 0.770. The number of benzene rings is 1. The number of hydrogen-bond donors (Lipinski definition) is 2. The summed E-state index contributed by atoms with van der Waals surface area (Å²) in [6.07, 6.45) is 3.82. The SMILES string of the molecule is COc1ccccc1C[C@H](CNC(=O)[C@H]1C[C@@H]1C1CC1)C(=O)O. The Morgan fingerprint density at radius 3 is 2.74 bits per heavy atom. The van der Waals surface area contributed by atoms with E-state index in [1.165, 1.54) is 12.8 Å². The number of para-hydroxylation sites is 1. The Morgan fingerprint density at radius 1 is 1.35 bits per heavy atom. The van der Waals surface area contributed by atoms with Crippen LogP contribution in [0.5, 0.6) is 5.75 Å². The fourth-order valence-corrected chi connectivity index (χ4v) is 3.30. The van der Waals surface area contributed by atoms with Crippen LogP contribution in [0.15, 0.2) is 24.3 Å². The molecule has 0 spiro atoms. The first-order valence-electron chi connectivity index (χ1n) is 8.22. The molecule has 0 radical (unpaired) electrons. The molecule has 1 aromatic rings. The lowest BCUT2D eigenvalue weighted by Gasteiger charge is -2.15. The van der Waals surface area contributed by atoms with Crippen molar-refractivity contribution in [2.75, 3.05) is 13.7 Å². The van der Waals surface area contributed by atoms with Crippen molar-refractivity contribution in [2.24, 2.45) is 23.7 Å². The largest absolute Gasteiger partial charge is 0.496 e. The molecule has 2 aliphatic rings. The highest BCUT2D eigenvalue weighted by molar-refractivity contribution is 5.82. The van der Waals surface area contributed by atoms with Crippen LogP contribution in [0.25, 0.3) is 0 Å². The van der Waals surface area contributed by atoms with Crippen LogP contribution in [-0.2, 0) is 16.0 Å². The van der Waals surface area contributed by atoms with E-state index >= 15 is 0 Å². The smallest absolute Gasteiger partial charge is 0.308 e. The highest BCUT2D eigenvalue weighted by atomic mass is 16.5. The maximum Gasteiger partial charge on any atom is 0.308 e. The lowest BCUT2D eigenvalue weighted by Crippen LogP contribution is -2.35. The van der Waals surface area contributed by atoms with Gasteiger partial charge in [0.05, 0.1) is 13.0 Å². The van der Waals surface area contributed by atoms with Crippen molar-refractivity contribution in [3.05, 3.63) is 29.8 Å². The molecule has 2 saturated carbocycles. The van der Waals surface area contributed by atoms with Crippen LogP contribution in [0, 0.1) is 23.7 Å². The first-order chi connectivity index (χ1) is 11.1. The number of carboxylic acids is 1. The summed E-state index contributed by atoms with van der Waals surface area (Å²) in [7, 11) is 1.57. The predicted octanol–water partition coefficient (Wildman–Crippen LogP) is 2.10. The van der Waals surface area contributed by atoms with Crippen molar-refractivity contribution in [3.8, 4) is 5.75 Å². The van der Waals surface area contributed by atoms with Crippen LogP contribution < -0.4 is 10.1 Å². The molecule has 0 aliphatic heterocycles. The van der Waals surface area contributed by atoms with E-state index in [1.54, 1.807) is 7.11 Å². The Bertz CT molecular complexity index is 596. The van der Waals surface area contributed by atoms with Crippen LogP contribution in [0.2, 0.25) is 0 Å². The molecular weight excluding hydrogens is 294 g/mol. The normalized spacial score (nSPS) is 23.9. The van der Waals surface area contributed by atoms with E-state index in [1.807, 2.05) is 24.3 Å². The highest BCUT2D eigenvalue weighted by Gasteiger charge is 2.51. The van der Waals surface area contributed by atoms with E-state index < -0.39 is 11.9 Å². The molecule has 0 aromatic heterocycles. The molecule has 2 aliphatic carbocycles. The van der Waals surface area contributed by atoms with Gasteiger partial charge in [0, 0.05) is 12.5 Å². The maximum atomic E-state index is 12.1. The van der Waals surface area contributed by atoms with Gasteiger partial charge in [-0.2, -0.15) is 0 Å². The summed E-state index contributed by atoms with van der Waals surface area (Å²) in [6.45, 7) is 0.167. The number of rotatable bonds is 8. The molecule has 0 saturated heterocycles. The Labute approximate surface area is 136 Å². The minimum atomic E-state index is -0.897.